The first-order chi connectivity index (χ1) is 13.6. The Morgan fingerprint density at radius 2 is 1.64 bits per heavy atom. The number of carboxylic acids is 1. The predicted octanol–water partition coefficient (Wildman–Crippen LogP) is 5.26. The molecule has 1 N–H and O–H groups in total. The van der Waals surface area contributed by atoms with Crippen LogP contribution in [-0.4, -0.2) is 16.9 Å². The zero-order valence-corrected chi connectivity index (χ0v) is 16.0. The molecule has 3 rings (SSSR count). The van der Waals surface area contributed by atoms with Crippen molar-refractivity contribution in [2.45, 2.75) is 38.5 Å². The van der Waals surface area contributed by atoms with Crippen molar-refractivity contribution in [3.63, 3.8) is 0 Å². The molecule has 0 saturated carbocycles. The second-order valence-electron chi connectivity index (χ2n) is 7.32. The van der Waals surface area contributed by atoms with Gasteiger partial charge in [-0.3, -0.25) is 9.59 Å². The van der Waals surface area contributed by atoms with Crippen LogP contribution in [0.25, 0.3) is 5.57 Å². The van der Waals surface area contributed by atoms with Gasteiger partial charge in [-0.25, -0.2) is 0 Å². The van der Waals surface area contributed by atoms with Crippen molar-refractivity contribution < 1.29 is 14.7 Å². The van der Waals surface area contributed by atoms with Crippen molar-refractivity contribution in [2.24, 2.45) is 5.92 Å². The highest BCUT2D eigenvalue weighted by atomic mass is 16.4. The molecule has 0 amide bonds. The summed E-state index contributed by atoms with van der Waals surface area (Å²) >= 11 is 0. The van der Waals surface area contributed by atoms with E-state index in [0.717, 1.165) is 36.0 Å². The molecule has 3 heteroatoms. The molecule has 0 fully saturated rings. The second kappa shape index (κ2) is 9.84. The van der Waals surface area contributed by atoms with Crippen molar-refractivity contribution in [1.82, 2.24) is 0 Å². The number of aryl methyl sites for hydroxylation is 2. The molecule has 0 aliphatic heterocycles. The molecule has 3 nitrogen and oxygen atoms in total. The van der Waals surface area contributed by atoms with Crippen LogP contribution in [0.1, 0.15) is 42.4 Å². The van der Waals surface area contributed by atoms with Gasteiger partial charge in [-0.1, -0.05) is 66.7 Å². The van der Waals surface area contributed by atoms with E-state index >= 15 is 0 Å². The van der Waals surface area contributed by atoms with Gasteiger partial charge in [-0.15, -0.1) is 0 Å². The lowest BCUT2D eigenvalue weighted by atomic mass is 9.92. The van der Waals surface area contributed by atoms with Gasteiger partial charge in [-0.2, -0.15) is 0 Å². The molecule has 28 heavy (non-hydrogen) atoms. The van der Waals surface area contributed by atoms with Gasteiger partial charge in [0.25, 0.3) is 0 Å². The monoisotopic (exact) mass is 374 g/mol. The van der Waals surface area contributed by atoms with E-state index in [1.807, 2.05) is 54.6 Å². The third-order valence-corrected chi connectivity index (χ3v) is 5.21. The van der Waals surface area contributed by atoms with Crippen LogP contribution in [0.2, 0.25) is 0 Å². The van der Waals surface area contributed by atoms with Crippen LogP contribution in [0.3, 0.4) is 0 Å². The summed E-state index contributed by atoms with van der Waals surface area (Å²) in [6.07, 6.45) is 9.91. The molecule has 0 radical (unpaired) electrons. The molecule has 0 heterocycles. The van der Waals surface area contributed by atoms with Gasteiger partial charge in [0.05, 0.1) is 5.92 Å². The van der Waals surface area contributed by atoms with Crippen molar-refractivity contribution in [2.75, 3.05) is 0 Å². The molecule has 0 aromatic heterocycles. The summed E-state index contributed by atoms with van der Waals surface area (Å²) in [4.78, 5) is 23.2. The maximum absolute atomic E-state index is 11.6. The molecule has 144 valence electrons. The maximum atomic E-state index is 11.6. The highest BCUT2D eigenvalue weighted by Crippen LogP contribution is 2.22. The standard InChI is InChI=1S/C25H26O3/c26-24-11-5-10-23(18-24)21-15-12-20(13-16-21)14-17-22(25(27)28)9-4-8-19-6-2-1-3-7-19/h1-3,5-7,10,12-13,15-16,18,22H,4,8-9,11,14,17H2,(H,27,28). The molecule has 1 aliphatic rings. The SMILES string of the molecule is O=C1C=C(c2ccc(CCC(CCCc3ccccc3)C(=O)O)cc2)C=CC1. The largest absolute Gasteiger partial charge is 0.481 e. The Kier molecular flexibility index (Phi) is 6.96. The van der Waals surface area contributed by atoms with Gasteiger partial charge in [0.15, 0.2) is 5.78 Å². The van der Waals surface area contributed by atoms with Crippen molar-refractivity contribution in [3.8, 4) is 0 Å². The molecule has 0 saturated heterocycles. The van der Waals surface area contributed by atoms with Crippen molar-refractivity contribution >= 4 is 17.3 Å². The third-order valence-electron chi connectivity index (χ3n) is 5.21. The number of carbonyl (C=O) groups is 2. The lowest BCUT2D eigenvalue weighted by Crippen LogP contribution is -2.15. The van der Waals surface area contributed by atoms with Gasteiger partial charge < -0.3 is 5.11 Å². The van der Waals surface area contributed by atoms with E-state index in [9.17, 15) is 14.7 Å². The lowest BCUT2D eigenvalue weighted by Gasteiger charge is -2.13. The fourth-order valence-corrected chi connectivity index (χ4v) is 3.56. The summed E-state index contributed by atoms with van der Waals surface area (Å²) in [6, 6.07) is 18.3. The molecule has 1 unspecified atom stereocenters. The van der Waals surface area contributed by atoms with Gasteiger partial charge in [0.2, 0.25) is 0 Å². The minimum absolute atomic E-state index is 0.126. The number of carboxylic acid groups (broad SMARTS) is 1. The molecule has 0 spiro atoms. The minimum Gasteiger partial charge on any atom is -0.481 e. The van der Waals surface area contributed by atoms with Crippen LogP contribution in [-0.2, 0) is 22.4 Å². The van der Waals surface area contributed by atoms with Crippen LogP contribution in [0.15, 0.2) is 72.8 Å². The highest BCUT2D eigenvalue weighted by molar-refractivity contribution is 6.01. The van der Waals surface area contributed by atoms with E-state index in [-0.39, 0.29) is 11.7 Å². The topological polar surface area (TPSA) is 54.4 Å². The summed E-state index contributed by atoms with van der Waals surface area (Å²) < 4.78 is 0. The molecular formula is C25H26O3. The third kappa shape index (κ3) is 5.78. The minimum atomic E-state index is -0.708. The Morgan fingerprint density at radius 3 is 2.32 bits per heavy atom. The fourth-order valence-electron chi connectivity index (χ4n) is 3.56. The Balaban J connectivity index is 1.51. The predicted molar refractivity (Wildman–Crippen MR) is 112 cm³/mol. The van der Waals surface area contributed by atoms with Gasteiger partial charge in [0.1, 0.15) is 0 Å². The number of benzene rings is 2. The number of carbonyl (C=O) groups excluding carboxylic acids is 1. The van der Waals surface area contributed by atoms with Crippen LogP contribution < -0.4 is 0 Å². The zero-order valence-electron chi connectivity index (χ0n) is 16.0. The van der Waals surface area contributed by atoms with Crippen LogP contribution >= 0.6 is 0 Å². The lowest BCUT2D eigenvalue weighted by molar-refractivity contribution is -0.142. The summed E-state index contributed by atoms with van der Waals surface area (Å²) in [5, 5.41) is 9.54. The second-order valence-corrected chi connectivity index (χ2v) is 7.32. The number of hydrogen-bond acceptors (Lipinski definition) is 2. The summed E-state index contributed by atoms with van der Waals surface area (Å²) in [6.45, 7) is 0. The normalized spacial score (nSPS) is 14.6. The van der Waals surface area contributed by atoms with Crippen molar-refractivity contribution in [3.05, 3.63) is 89.5 Å². The summed E-state index contributed by atoms with van der Waals surface area (Å²) in [5.41, 5.74) is 4.34. The first-order valence-electron chi connectivity index (χ1n) is 9.89. The van der Waals surface area contributed by atoms with E-state index in [2.05, 4.69) is 12.1 Å². The molecule has 1 aliphatic carbocycles. The van der Waals surface area contributed by atoms with Crippen molar-refractivity contribution in [1.29, 1.82) is 0 Å². The number of allylic oxidation sites excluding steroid dienone is 4. The molecule has 1 atom stereocenters. The van der Waals surface area contributed by atoms with Gasteiger partial charge >= 0.3 is 5.97 Å². The van der Waals surface area contributed by atoms with E-state index < -0.39 is 5.97 Å². The number of rotatable bonds is 9. The van der Waals surface area contributed by atoms with Crippen LogP contribution in [0.5, 0.6) is 0 Å². The Bertz CT molecular complexity index is 860. The Labute approximate surface area is 166 Å². The fraction of sp³-hybridized carbons (Fsp3) is 0.280. The molecule has 2 aromatic rings. The maximum Gasteiger partial charge on any atom is 0.306 e. The van der Waals surface area contributed by atoms with Crippen LogP contribution in [0, 0.1) is 5.92 Å². The zero-order chi connectivity index (χ0) is 19.8. The summed E-state index contributed by atoms with van der Waals surface area (Å²) in [7, 11) is 0. The Hall–Kier alpha value is -2.94. The van der Waals surface area contributed by atoms with Crippen LogP contribution in [0.4, 0.5) is 0 Å². The first-order valence-corrected chi connectivity index (χ1v) is 9.89. The molecular weight excluding hydrogens is 348 g/mol. The first kappa shape index (κ1) is 19.8. The van der Waals surface area contributed by atoms with E-state index in [1.165, 1.54) is 5.56 Å². The smallest absolute Gasteiger partial charge is 0.306 e. The van der Waals surface area contributed by atoms with E-state index in [4.69, 9.17) is 0 Å². The van der Waals surface area contributed by atoms with Gasteiger partial charge in [-0.05, 0) is 60.4 Å². The van der Waals surface area contributed by atoms with Gasteiger partial charge in [0, 0.05) is 6.42 Å². The average Bonchev–Trinajstić information content (AvgIpc) is 2.71. The average molecular weight is 374 g/mol. The highest BCUT2D eigenvalue weighted by Gasteiger charge is 2.17. The number of hydrogen-bond donors (Lipinski definition) is 1. The molecule has 0 bridgehead atoms. The van der Waals surface area contributed by atoms with E-state index in [1.54, 1.807) is 6.08 Å². The molecule has 2 aromatic carbocycles. The van der Waals surface area contributed by atoms with E-state index in [0.29, 0.717) is 19.3 Å². The Morgan fingerprint density at radius 1 is 0.929 bits per heavy atom. The summed E-state index contributed by atoms with van der Waals surface area (Å²) in [5.74, 6) is -0.896. The number of ketones is 1. The number of aliphatic carboxylic acids is 1. The quantitative estimate of drug-likeness (QED) is 0.652.